The van der Waals surface area contributed by atoms with E-state index in [9.17, 15) is 14.4 Å². The van der Waals surface area contributed by atoms with Gasteiger partial charge in [0.25, 0.3) is 5.91 Å². The van der Waals surface area contributed by atoms with Crippen LogP contribution in [0.2, 0.25) is 0 Å². The van der Waals surface area contributed by atoms with Crippen LogP contribution in [0, 0.1) is 11.3 Å². The van der Waals surface area contributed by atoms with Crippen molar-refractivity contribution in [3.05, 3.63) is 35.9 Å². The SMILES string of the molecule is CCC(C)(C)C(=O)C(=O)N1C2CCC(C2)[C@@H]1C(=O)OCCCCc1ccccc1. The fraction of sp³-hybridized carbons (Fsp3) is 0.625. The molecule has 158 valence electrons. The van der Waals surface area contributed by atoms with E-state index < -0.39 is 23.1 Å². The van der Waals surface area contributed by atoms with Crippen LogP contribution in [0.5, 0.6) is 0 Å². The minimum atomic E-state index is -0.704. The topological polar surface area (TPSA) is 63.7 Å². The Morgan fingerprint density at radius 2 is 1.83 bits per heavy atom. The second kappa shape index (κ2) is 9.10. The molecule has 1 aliphatic heterocycles. The van der Waals surface area contributed by atoms with Crippen LogP contribution in [0.15, 0.2) is 30.3 Å². The molecule has 2 fully saturated rings. The molecule has 29 heavy (non-hydrogen) atoms. The number of amides is 1. The number of esters is 1. The second-order valence-corrected chi connectivity index (χ2v) is 9.06. The second-order valence-electron chi connectivity index (χ2n) is 9.06. The molecule has 1 heterocycles. The van der Waals surface area contributed by atoms with Crippen molar-refractivity contribution in [1.82, 2.24) is 4.90 Å². The first-order valence-electron chi connectivity index (χ1n) is 10.9. The highest BCUT2D eigenvalue weighted by Gasteiger charge is 2.54. The first-order chi connectivity index (χ1) is 13.8. The van der Waals surface area contributed by atoms with Crippen molar-refractivity contribution in [3.8, 4) is 0 Å². The summed E-state index contributed by atoms with van der Waals surface area (Å²) in [5.41, 5.74) is 0.575. The maximum atomic E-state index is 13.0. The number of nitrogens with zero attached hydrogens (tertiary/aromatic N) is 1. The van der Waals surface area contributed by atoms with E-state index in [0.717, 1.165) is 38.5 Å². The van der Waals surface area contributed by atoms with E-state index in [1.807, 2.05) is 25.1 Å². The maximum absolute atomic E-state index is 13.0. The van der Waals surface area contributed by atoms with E-state index in [0.29, 0.717) is 13.0 Å². The highest BCUT2D eigenvalue weighted by Crippen LogP contribution is 2.43. The lowest BCUT2D eigenvalue weighted by Crippen LogP contribution is -2.54. The summed E-state index contributed by atoms with van der Waals surface area (Å²) in [6.07, 6.45) is 5.88. The molecule has 1 saturated heterocycles. The number of likely N-dealkylation sites (tertiary alicyclic amines) is 1. The Morgan fingerprint density at radius 1 is 1.10 bits per heavy atom. The molecule has 1 aliphatic carbocycles. The van der Waals surface area contributed by atoms with E-state index in [2.05, 4.69) is 12.1 Å². The first kappa shape index (κ1) is 21.5. The van der Waals surface area contributed by atoms with Crippen LogP contribution in [0.4, 0.5) is 0 Å². The predicted octanol–water partition coefficient (Wildman–Crippen LogP) is 3.94. The third-order valence-corrected chi connectivity index (χ3v) is 6.70. The lowest BCUT2D eigenvalue weighted by atomic mass is 9.84. The summed E-state index contributed by atoms with van der Waals surface area (Å²) >= 11 is 0. The quantitative estimate of drug-likeness (QED) is 0.358. The number of carbonyl (C=O) groups excluding carboxylic acids is 3. The van der Waals surface area contributed by atoms with E-state index >= 15 is 0 Å². The van der Waals surface area contributed by atoms with Gasteiger partial charge in [-0.3, -0.25) is 9.59 Å². The third-order valence-electron chi connectivity index (χ3n) is 6.70. The first-order valence-corrected chi connectivity index (χ1v) is 10.9. The minimum absolute atomic E-state index is 0.000244. The van der Waals surface area contributed by atoms with Crippen molar-refractivity contribution in [3.63, 3.8) is 0 Å². The third kappa shape index (κ3) is 4.71. The largest absolute Gasteiger partial charge is 0.464 e. The molecule has 1 aromatic rings. The average Bonchev–Trinajstić information content (AvgIpc) is 3.34. The predicted molar refractivity (Wildman–Crippen MR) is 111 cm³/mol. The number of ether oxygens (including phenoxy) is 1. The lowest BCUT2D eigenvalue weighted by molar-refractivity contribution is -0.161. The molecule has 0 N–H and O–H groups in total. The number of aryl methyl sites for hydroxylation is 1. The number of piperidine rings is 1. The Kier molecular flexibility index (Phi) is 6.76. The monoisotopic (exact) mass is 399 g/mol. The molecule has 2 bridgehead atoms. The van der Waals surface area contributed by atoms with Crippen LogP contribution in [-0.2, 0) is 25.5 Å². The van der Waals surface area contributed by atoms with Gasteiger partial charge >= 0.3 is 5.97 Å². The van der Waals surface area contributed by atoms with Crippen LogP contribution in [0.1, 0.15) is 64.9 Å². The molecule has 3 atom stereocenters. The van der Waals surface area contributed by atoms with Crippen molar-refractivity contribution < 1.29 is 19.1 Å². The van der Waals surface area contributed by atoms with Gasteiger partial charge in [-0.25, -0.2) is 4.79 Å². The molecule has 1 saturated carbocycles. The molecule has 2 aliphatic rings. The zero-order chi connectivity index (χ0) is 21.0. The van der Waals surface area contributed by atoms with Gasteiger partial charge in [0.15, 0.2) is 0 Å². The van der Waals surface area contributed by atoms with E-state index in [1.54, 1.807) is 18.7 Å². The molecular formula is C24H33NO4. The van der Waals surface area contributed by atoms with Gasteiger partial charge in [0.05, 0.1) is 6.61 Å². The number of Topliss-reactive ketones (excluding diaryl/α,β-unsaturated/α-hetero) is 1. The summed E-state index contributed by atoms with van der Waals surface area (Å²) in [6.45, 7) is 5.85. The maximum Gasteiger partial charge on any atom is 0.329 e. The van der Waals surface area contributed by atoms with Gasteiger partial charge in [-0.05, 0) is 56.4 Å². The van der Waals surface area contributed by atoms with Crippen molar-refractivity contribution in [1.29, 1.82) is 0 Å². The summed E-state index contributed by atoms with van der Waals surface area (Å²) in [7, 11) is 0. The number of benzene rings is 1. The van der Waals surface area contributed by atoms with Crippen molar-refractivity contribution in [2.24, 2.45) is 11.3 Å². The number of fused-ring (bicyclic) bond motifs is 2. The smallest absolute Gasteiger partial charge is 0.329 e. The van der Waals surface area contributed by atoms with Crippen molar-refractivity contribution >= 4 is 17.7 Å². The normalized spacial score (nSPS) is 23.3. The van der Waals surface area contributed by atoms with Gasteiger partial charge < -0.3 is 9.64 Å². The van der Waals surface area contributed by atoms with Crippen LogP contribution in [0.25, 0.3) is 0 Å². The Labute approximate surface area is 173 Å². The molecular weight excluding hydrogens is 366 g/mol. The highest BCUT2D eigenvalue weighted by molar-refractivity contribution is 6.38. The van der Waals surface area contributed by atoms with Gasteiger partial charge in [0.1, 0.15) is 6.04 Å². The Morgan fingerprint density at radius 3 is 2.52 bits per heavy atom. The van der Waals surface area contributed by atoms with E-state index in [-0.39, 0.29) is 17.9 Å². The summed E-state index contributed by atoms with van der Waals surface area (Å²) in [6, 6.07) is 9.65. The van der Waals surface area contributed by atoms with Gasteiger partial charge in [-0.1, -0.05) is 51.1 Å². The number of hydrogen-bond donors (Lipinski definition) is 0. The average molecular weight is 400 g/mol. The standard InChI is InChI=1S/C24H33NO4/c1-4-24(2,3)21(26)22(27)25-19-14-13-18(16-19)20(25)23(28)29-15-9-8-12-17-10-6-5-7-11-17/h5-7,10-11,18-20H,4,8-9,12-16H2,1-3H3/t18?,19?,20-/m1/s1. The molecule has 0 spiro atoms. The molecule has 5 heteroatoms. The molecule has 2 unspecified atom stereocenters. The number of unbranched alkanes of at least 4 members (excludes halogenated alkanes) is 1. The van der Waals surface area contributed by atoms with Crippen LogP contribution in [-0.4, -0.2) is 41.3 Å². The zero-order valence-corrected chi connectivity index (χ0v) is 17.9. The molecule has 5 nitrogen and oxygen atoms in total. The summed E-state index contributed by atoms with van der Waals surface area (Å²) in [4.78, 5) is 40.0. The van der Waals surface area contributed by atoms with Crippen molar-refractivity contribution in [2.45, 2.75) is 77.8 Å². The van der Waals surface area contributed by atoms with Crippen LogP contribution in [0.3, 0.4) is 0 Å². The van der Waals surface area contributed by atoms with E-state index in [1.165, 1.54) is 5.56 Å². The summed E-state index contributed by atoms with van der Waals surface area (Å²) in [5.74, 6) is -1.12. The van der Waals surface area contributed by atoms with Gasteiger partial charge in [0, 0.05) is 11.5 Å². The molecule has 1 aromatic carbocycles. The minimum Gasteiger partial charge on any atom is -0.464 e. The molecule has 0 radical (unpaired) electrons. The Balaban J connectivity index is 1.54. The molecule has 3 rings (SSSR count). The Bertz CT molecular complexity index is 743. The lowest BCUT2D eigenvalue weighted by Gasteiger charge is -2.35. The number of ketones is 1. The van der Waals surface area contributed by atoms with Crippen LogP contribution >= 0.6 is 0 Å². The summed E-state index contributed by atoms with van der Waals surface area (Å²) < 4.78 is 5.54. The summed E-state index contributed by atoms with van der Waals surface area (Å²) in [5, 5.41) is 0. The van der Waals surface area contributed by atoms with Gasteiger partial charge in [-0.15, -0.1) is 0 Å². The van der Waals surface area contributed by atoms with Gasteiger partial charge in [-0.2, -0.15) is 0 Å². The number of carbonyl (C=O) groups is 3. The van der Waals surface area contributed by atoms with E-state index in [4.69, 9.17) is 4.74 Å². The van der Waals surface area contributed by atoms with Crippen LogP contribution < -0.4 is 0 Å². The fourth-order valence-corrected chi connectivity index (χ4v) is 4.48. The molecule has 0 aromatic heterocycles. The Hall–Kier alpha value is -2.17. The fourth-order valence-electron chi connectivity index (χ4n) is 4.48. The number of hydrogen-bond acceptors (Lipinski definition) is 4. The molecule has 1 amide bonds. The highest BCUT2D eigenvalue weighted by atomic mass is 16.5. The van der Waals surface area contributed by atoms with Gasteiger partial charge in [0.2, 0.25) is 5.78 Å². The number of rotatable bonds is 9. The van der Waals surface area contributed by atoms with Crippen molar-refractivity contribution in [2.75, 3.05) is 6.61 Å². The zero-order valence-electron chi connectivity index (χ0n) is 17.9.